The van der Waals surface area contributed by atoms with Gasteiger partial charge in [0.15, 0.2) is 5.13 Å². The summed E-state index contributed by atoms with van der Waals surface area (Å²) in [6.45, 7) is 8.86. The highest BCUT2D eigenvalue weighted by molar-refractivity contribution is 7.89. The summed E-state index contributed by atoms with van der Waals surface area (Å²) < 4.78 is 31.6. The molecule has 0 radical (unpaired) electrons. The zero-order valence-corrected chi connectivity index (χ0v) is 20.7. The molecule has 1 aromatic rings. The van der Waals surface area contributed by atoms with Crippen LogP contribution in [-0.4, -0.2) is 61.6 Å². The van der Waals surface area contributed by atoms with Gasteiger partial charge >= 0.3 is 5.97 Å². The number of hydrogen-bond acceptors (Lipinski definition) is 7. The fourth-order valence-electron chi connectivity index (χ4n) is 3.71. The molecule has 10 heteroatoms. The van der Waals surface area contributed by atoms with Gasteiger partial charge in [0, 0.05) is 19.6 Å². The van der Waals surface area contributed by atoms with Gasteiger partial charge in [0.25, 0.3) is 0 Å². The van der Waals surface area contributed by atoms with Gasteiger partial charge in [0.05, 0.1) is 24.0 Å². The van der Waals surface area contributed by atoms with E-state index in [1.165, 1.54) is 15.6 Å². The van der Waals surface area contributed by atoms with Crippen molar-refractivity contribution in [3.63, 3.8) is 0 Å². The van der Waals surface area contributed by atoms with Gasteiger partial charge in [-0.3, -0.25) is 9.69 Å². The lowest BCUT2D eigenvalue weighted by atomic mass is 9.98. The summed E-state index contributed by atoms with van der Waals surface area (Å²) in [5, 5.41) is 0.482. The van der Waals surface area contributed by atoms with Crippen molar-refractivity contribution in [2.45, 2.75) is 66.2 Å². The first-order valence-electron chi connectivity index (χ1n) is 11.2. The van der Waals surface area contributed by atoms with Crippen LogP contribution in [0.2, 0.25) is 0 Å². The van der Waals surface area contributed by atoms with E-state index in [1.54, 1.807) is 18.7 Å². The number of thiazole rings is 1. The number of ether oxygens (including phenoxy) is 1. The lowest BCUT2D eigenvalue weighted by Gasteiger charge is -2.33. The number of esters is 1. The fourth-order valence-corrected chi connectivity index (χ4v) is 6.29. The van der Waals surface area contributed by atoms with Gasteiger partial charge in [-0.2, -0.15) is 0 Å². The Kier molecular flexibility index (Phi) is 9.90. The second-order valence-electron chi connectivity index (χ2n) is 7.84. The van der Waals surface area contributed by atoms with E-state index in [2.05, 4.69) is 11.9 Å². The van der Waals surface area contributed by atoms with Crippen molar-refractivity contribution in [2.75, 3.05) is 36.9 Å². The van der Waals surface area contributed by atoms with Crippen LogP contribution < -0.4 is 4.90 Å². The summed E-state index contributed by atoms with van der Waals surface area (Å²) in [5.74, 6) is -0.851. The van der Waals surface area contributed by atoms with E-state index in [9.17, 15) is 18.0 Å². The largest absolute Gasteiger partial charge is 0.462 e. The smallest absolute Gasteiger partial charge is 0.350 e. The number of amides is 1. The first-order chi connectivity index (χ1) is 14.7. The molecule has 1 saturated heterocycles. The summed E-state index contributed by atoms with van der Waals surface area (Å²) in [6, 6.07) is 0. The molecule has 1 aliphatic rings. The van der Waals surface area contributed by atoms with Crippen molar-refractivity contribution in [2.24, 2.45) is 5.92 Å². The minimum Gasteiger partial charge on any atom is -0.462 e. The van der Waals surface area contributed by atoms with Gasteiger partial charge in [-0.15, -0.1) is 0 Å². The highest BCUT2D eigenvalue weighted by atomic mass is 32.2. The van der Waals surface area contributed by atoms with Crippen LogP contribution in [0.5, 0.6) is 0 Å². The predicted molar refractivity (Wildman–Crippen MR) is 123 cm³/mol. The van der Waals surface area contributed by atoms with E-state index >= 15 is 0 Å². The molecule has 31 heavy (non-hydrogen) atoms. The summed E-state index contributed by atoms with van der Waals surface area (Å²) in [5.41, 5.74) is 0.544. The number of sulfonamides is 1. The molecular formula is C21H35N3O5S2. The molecular weight excluding hydrogens is 438 g/mol. The monoisotopic (exact) mass is 473 g/mol. The SMILES string of the molecule is CCCCCN(C(=O)C1CCCN(S(=O)(=O)CCC)C1)c1nc(C)c(C(=O)OCC)s1. The summed E-state index contributed by atoms with van der Waals surface area (Å²) >= 11 is 1.17. The summed E-state index contributed by atoms with van der Waals surface area (Å²) in [4.78, 5) is 32.3. The highest BCUT2D eigenvalue weighted by Gasteiger charge is 2.35. The Morgan fingerprint density at radius 3 is 2.61 bits per heavy atom. The van der Waals surface area contributed by atoms with E-state index < -0.39 is 21.9 Å². The number of anilines is 1. The van der Waals surface area contributed by atoms with E-state index in [0.717, 1.165) is 19.3 Å². The van der Waals surface area contributed by atoms with E-state index in [1.807, 2.05) is 6.92 Å². The third kappa shape index (κ3) is 6.73. The molecule has 1 fully saturated rings. The molecule has 1 aromatic heterocycles. The summed E-state index contributed by atoms with van der Waals surface area (Å²) in [7, 11) is -3.34. The van der Waals surface area contributed by atoms with Gasteiger partial charge in [-0.25, -0.2) is 22.5 Å². The van der Waals surface area contributed by atoms with E-state index in [0.29, 0.717) is 48.1 Å². The van der Waals surface area contributed by atoms with Gasteiger partial charge in [0.1, 0.15) is 4.88 Å². The number of piperidine rings is 1. The minimum absolute atomic E-state index is 0.0999. The first kappa shape index (κ1) is 25.7. The molecule has 1 aliphatic heterocycles. The van der Waals surface area contributed by atoms with Crippen molar-refractivity contribution in [3.8, 4) is 0 Å². The third-order valence-corrected chi connectivity index (χ3v) is 8.52. The van der Waals surface area contributed by atoms with Crippen LogP contribution in [0.1, 0.15) is 74.7 Å². The molecule has 1 amide bonds. The maximum absolute atomic E-state index is 13.5. The molecule has 0 aromatic carbocycles. The quantitative estimate of drug-likeness (QED) is 0.360. The minimum atomic E-state index is -3.34. The number of rotatable bonds is 11. The molecule has 176 valence electrons. The summed E-state index contributed by atoms with van der Waals surface area (Å²) in [6.07, 6.45) is 4.67. The Bertz CT molecular complexity index is 853. The Hall–Kier alpha value is -1.52. The average molecular weight is 474 g/mol. The van der Waals surface area contributed by atoms with Crippen LogP contribution in [-0.2, 0) is 19.6 Å². The van der Waals surface area contributed by atoms with Crippen LogP contribution >= 0.6 is 11.3 Å². The Balaban J connectivity index is 2.26. The molecule has 2 heterocycles. The number of hydrogen-bond donors (Lipinski definition) is 0. The van der Waals surface area contributed by atoms with Crippen LogP contribution in [0.25, 0.3) is 0 Å². The standard InChI is InChI=1S/C21H35N3O5S2/c1-5-8-9-13-24(21-22-16(4)18(30-21)20(26)29-7-3)19(25)17-11-10-12-23(15-17)31(27,28)14-6-2/h17H,5-15H2,1-4H3. The van der Waals surface area contributed by atoms with Crippen LogP contribution in [0, 0.1) is 12.8 Å². The Morgan fingerprint density at radius 1 is 1.23 bits per heavy atom. The molecule has 0 spiro atoms. The lowest BCUT2D eigenvalue weighted by Crippen LogP contribution is -2.47. The number of nitrogens with zero attached hydrogens (tertiary/aromatic N) is 3. The van der Waals surface area contributed by atoms with Crippen LogP contribution in [0.15, 0.2) is 0 Å². The zero-order valence-electron chi connectivity index (χ0n) is 19.1. The molecule has 0 aliphatic carbocycles. The first-order valence-corrected chi connectivity index (χ1v) is 13.6. The molecule has 0 bridgehead atoms. The normalized spacial score (nSPS) is 17.5. The number of aryl methyl sites for hydroxylation is 1. The Labute approximate surface area is 190 Å². The molecule has 2 rings (SSSR count). The maximum Gasteiger partial charge on any atom is 0.350 e. The van der Waals surface area contributed by atoms with E-state index in [4.69, 9.17) is 4.74 Å². The van der Waals surface area contributed by atoms with Gasteiger partial charge < -0.3 is 4.74 Å². The third-order valence-electron chi connectivity index (χ3n) is 5.32. The number of aromatic nitrogens is 1. The number of carbonyl (C=O) groups excluding carboxylic acids is 2. The molecule has 1 unspecified atom stereocenters. The van der Waals surface area contributed by atoms with Gasteiger partial charge in [-0.1, -0.05) is 38.0 Å². The van der Waals surface area contributed by atoms with Crippen molar-refractivity contribution in [3.05, 3.63) is 10.6 Å². The highest BCUT2D eigenvalue weighted by Crippen LogP contribution is 2.30. The van der Waals surface area contributed by atoms with Gasteiger partial charge in [0.2, 0.25) is 15.9 Å². The number of unbranched alkanes of at least 4 members (excludes halogenated alkanes) is 2. The Morgan fingerprint density at radius 2 is 1.97 bits per heavy atom. The zero-order chi connectivity index (χ0) is 23.0. The molecule has 1 atom stereocenters. The van der Waals surface area contributed by atoms with Crippen molar-refractivity contribution >= 4 is 38.4 Å². The van der Waals surface area contributed by atoms with Crippen LogP contribution in [0.3, 0.4) is 0 Å². The van der Waals surface area contributed by atoms with Crippen molar-refractivity contribution in [1.29, 1.82) is 0 Å². The lowest BCUT2D eigenvalue weighted by molar-refractivity contribution is -0.123. The molecule has 0 N–H and O–H groups in total. The number of carbonyl (C=O) groups is 2. The maximum atomic E-state index is 13.5. The molecule has 0 saturated carbocycles. The second kappa shape index (κ2) is 11.9. The predicted octanol–water partition coefficient (Wildman–Crippen LogP) is 3.60. The molecule has 8 nitrogen and oxygen atoms in total. The van der Waals surface area contributed by atoms with Crippen LogP contribution in [0.4, 0.5) is 5.13 Å². The van der Waals surface area contributed by atoms with Crippen molar-refractivity contribution < 1.29 is 22.7 Å². The fraction of sp³-hybridized carbons (Fsp3) is 0.762. The van der Waals surface area contributed by atoms with Crippen molar-refractivity contribution in [1.82, 2.24) is 9.29 Å². The second-order valence-corrected chi connectivity index (χ2v) is 10.9. The van der Waals surface area contributed by atoms with Gasteiger partial charge in [-0.05, 0) is 39.5 Å². The van der Waals surface area contributed by atoms with E-state index in [-0.39, 0.29) is 24.8 Å². The average Bonchev–Trinajstić information content (AvgIpc) is 3.12. The topological polar surface area (TPSA) is 96.9 Å².